The highest BCUT2D eigenvalue weighted by molar-refractivity contribution is 7.22. The smallest absolute Gasteiger partial charge is 0.271 e. The number of amides is 1. The number of methoxy groups -OCH3 is 1. The highest BCUT2D eigenvalue weighted by Crippen LogP contribution is 2.31. The van der Waals surface area contributed by atoms with E-state index in [0.29, 0.717) is 10.2 Å². The summed E-state index contributed by atoms with van der Waals surface area (Å²) in [7, 11) is 1.61. The van der Waals surface area contributed by atoms with Crippen LogP contribution in [-0.2, 0) is 17.9 Å². The number of benzene rings is 2. The minimum absolute atomic E-state index is 0.140. The molecule has 0 aliphatic heterocycles. The maximum atomic E-state index is 13.0. The summed E-state index contributed by atoms with van der Waals surface area (Å²) in [6.45, 7) is 0.114. The second-order valence-corrected chi connectivity index (χ2v) is 7.69. The predicted octanol–water partition coefficient (Wildman–Crippen LogP) is 3.59. The molecule has 0 spiro atoms. The van der Waals surface area contributed by atoms with Crippen LogP contribution in [0.15, 0.2) is 65.7 Å². The quantitative estimate of drug-likeness (QED) is 0.514. The largest absolute Gasteiger partial charge is 0.497 e. The number of carbonyl (C=O) groups excluding carboxylic acids is 1. The summed E-state index contributed by atoms with van der Waals surface area (Å²) in [5.74, 6) is 0.0995. The Labute approximate surface area is 175 Å². The molecule has 30 heavy (non-hydrogen) atoms. The van der Waals surface area contributed by atoms with Crippen LogP contribution in [0.1, 0.15) is 5.56 Å². The van der Waals surface area contributed by atoms with Crippen LogP contribution in [0.25, 0.3) is 20.7 Å². The number of halogens is 1. The molecule has 0 bridgehead atoms. The standard InChI is InChI=1S/C22H18FN3O3S/c1-29-17-8-4-15(5-9-17)19-10-18-21(30-19)22(28)26(13-25-18)12-20(27)24-11-14-2-6-16(23)7-3-14/h2-10,13H,11-12H2,1H3,(H,24,27). The van der Waals surface area contributed by atoms with Gasteiger partial charge in [0.05, 0.1) is 19.0 Å². The first-order valence-electron chi connectivity index (χ1n) is 9.18. The van der Waals surface area contributed by atoms with E-state index in [1.165, 1.54) is 34.4 Å². The molecule has 0 aliphatic rings. The summed E-state index contributed by atoms with van der Waals surface area (Å²) in [5, 5.41) is 2.73. The lowest BCUT2D eigenvalue weighted by molar-refractivity contribution is -0.121. The molecule has 0 aliphatic carbocycles. The molecule has 2 heterocycles. The average Bonchev–Trinajstić information content (AvgIpc) is 3.21. The second kappa shape index (κ2) is 8.46. The number of thiophene rings is 1. The molecule has 0 unspecified atom stereocenters. The number of ether oxygens (including phenoxy) is 1. The van der Waals surface area contributed by atoms with Crippen molar-refractivity contribution in [3.05, 3.63) is 82.7 Å². The summed E-state index contributed by atoms with van der Waals surface area (Å²) in [6.07, 6.45) is 1.38. The summed E-state index contributed by atoms with van der Waals surface area (Å²) in [6, 6.07) is 15.3. The van der Waals surface area contributed by atoms with Gasteiger partial charge in [0.25, 0.3) is 5.56 Å². The van der Waals surface area contributed by atoms with Gasteiger partial charge in [-0.25, -0.2) is 9.37 Å². The summed E-state index contributed by atoms with van der Waals surface area (Å²) in [5.41, 5.74) is 2.07. The monoisotopic (exact) mass is 423 g/mol. The molecule has 152 valence electrons. The van der Waals surface area contributed by atoms with Crippen LogP contribution < -0.4 is 15.6 Å². The van der Waals surface area contributed by atoms with Crippen molar-refractivity contribution in [3.63, 3.8) is 0 Å². The third-order valence-electron chi connectivity index (χ3n) is 4.60. The zero-order valence-corrected chi connectivity index (χ0v) is 16.9. The van der Waals surface area contributed by atoms with Crippen LogP contribution in [0.4, 0.5) is 4.39 Å². The van der Waals surface area contributed by atoms with Gasteiger partial charge in [-0.05, 0) is 53.6 Å². The van der Waals surface area contributed by atoms with E-state index < -0.39 is 0 Å². The van der Waals surface area contributed by atoms with Crippen molar-refractivity contribution in [3.8, 4) is 16.2 Å². The fourth-order valence-electron chi connectivity index (χ4n) is 2.97. The van der Waals surface area contributed by atoms with Crippen LogP contribution >= 0.6 is 11.3 Å². The highest BCUT2D eigenvalue weighted by Gasteiger charge is 2.12. The molecule has 4 rings (SSSR count). The van der Waals surface area contributed by atoms with E-state index >= 15 is 0 Å². The molecule has 0 saturated carbocycles. The molecule has 0 atom stereocenters. The Morgan fingerprint density at radius 3 is 2.60 bits per heavy atom. The summed E-state index contributed by atoms with van der Waals surface area (Å²) >= 11 is 1.34. The SMILES string of the molecule is COc1ccc(-c2cc3ncn(CC(=O)NCc4ccc(F)cc4)c(=O)c3s2)cc1. The summed E-state index contributed by atoms with van der Waals surface area (Å²) in [4.78, 5) is 30.3. The van der Waals surface area contributed by atoms with Crippen LogP contribution in [0, 0.1) is 5.82 Å². The summed E-state index contributed by atoms with van der Waals surface area (Å²) < 4.78 is 19.9. The number of carbonyl (C=O) groups is 1. The molecule has 0 radical (unpaired) electrons. The Kier molecular flexibility index (Phi) is 5.58. The minimum atomic E-state index is -0.332. The van der Waals surface area contributed by atoms with E-state index in [2.05, 4.69) is 10.3 Å². The third kappa shape index (κ3) is 4.23. The van der Waals surface area contributed by atoms with Gasteiger partial charge in [0.1, 0.15) is 22.8 Å². The number of nitrogens with zero attached hydrogens (tertiary/aromatic N) is 2. The number of hydrogen-bond donors (Lipinski definition) is 1. The van der Waals surface area contributed by atoms with Gasteiger partial charge in [-0.2, -0.15) is 0 Å². The normalized spacial score (nSPS) is 10.9. The van der Waals surface area contributed by atoms with Crippen LogP contribution in [0.5, 0.6) is 5.75 Å². The molecule has 1 amide bonds. The topological polar surface area (TPSA) is 73.2 Å². The Morgan fingerprint density at radius 2 is 1.90 bits per heavy atom. The van der Waals surface area contributed by atoms with Crippen molar-refractivity contribution >= 4 is 27.5 Å². The van der Waals surface area contributed by atoms with Crippen molar-refractivity contribution in [2.75, 3.05) is 7.11 Å². The van der Waals surface area contributed by atoms with Gasteiger partial charge >= 0.3 is 0 Å². The first-order chi connectivity index (χ1) is 14.5. The molecule has 4 aromatic rings. The van der Waals surface area contributed by atoms with Crippen LogP contribution in [-0.4, -0.2) is 22.6 Å². The number of hydrogen-bond acceptors (Lipinski definition) is 5. The molecule has 6 nitrogen and oxygen atoms in total. The Balaban J connectivity index is 1.50. The maximum absolute atomic E-state index is 13.0. The van der Waals surface area contributed by atoms with Gasteiger partial charge in [0, 0.05) is 11.4 Å². The average molecular weight is 423 g/mol. The van der Waals surface area contributed by atoms with Crippen LogP contribution in [0.2, 0.25) is 0 Å². The molecular weight excluding hydrogens is 405 g/mol. The van der Waals surface area contributed by atoms with Gasteiger partial charge in [0.15, 0.2) is 0 Å². The molecule has 1 N–H and O–H groups in total. The third-order valence-corrected chi connectivity index (χ3v) is 5.76. The fourth-order valence-corrected chi connectivity index (χ4v) is 4.03. The lowest BCUT2D eigenvalue weighted by Gasteiger charge is -2.07. The number of rotatable bonds is 6. The second-order valence-electron chi connectivity index (χ2n) is 6.63. The zero-order valence-electron chi connectivity index (χ0n) is 16.1. The van der Waals surface area contributed by atoms with E-state index in [4.69, 9.17) is 4.74 Å². The zero-order chi connectivity index (χ0) is 21.1. The van der Waals surface area contributed by atoms with Gasteiger partial charge in [-0.15, -0.1) is 11.3 Å². The van der Waals surface area contributed by atoms with Crippen molar-refractivity contribution in [2.45, 2.75) is 13.1 Å². The first kappa shape index (κ1) is 19.8. The molecule has 8 heteroatoms. The Morgan fingerprint density at radius 1 is 1.17 bits per heavy atom. The van der Waals surface area contributed by atoms with E-state index in [1.807, 2.05) is 30.3 Å². The first-order valence-corrected chi connectivity index (χ1v) is 9.99. The molecule has 0 fully saturated rings. The fraction of sp³-hybridized carbons (Fsp3) is 0.136. The lowest BCUT2D eigenvalue weighted by atomic mass is 10.2. The lowest BCUT2D eigenvalue weighted by Crippen LogP contribution is -2.31. The van der Waals surface area contributed by atoms with E-state index in [1.54, 1.807) is 19.2 Å². The molecular formula is C22H18FN3O3S. The van der Waals surface area contributed by atoms with Crippen molar-refractivity contribution in [1.29, 1.82) is 0 Å². The highest BCUT2D eigenvalue weighted by atomic mass is 32.1. The van der Waals surface area contributed by atoms with Crippen molar-refractivity contribution in [2.24, 2.45) is 0 Å². The van der Waals surface area contributed by atoms with Gasteiger partial charge in [-0.1, -0.05) is 12.1 Å². The van der Waals surface area contributed by atoms with Gasteiger partial charge in [0.2, 0.25) is 5.91 Å². The minimum Gasteiger partial charge on any atom is -0.497 e. The molecule has 2 aromatic heterocycles. The van der Waals surface area contributed by atoms with Gasteiger partial charge in [-0.3, -0.25) is 14.2 Å². The van der Waals surface area contributed by atoms with E-state index in [0.717, 1.165) is 21.8 Å². The van der Waals surface area contributed by atoms with E-state index in [9.17, 15) is 14.0 Å². The van der Waals surface area contributed by atoms with Crippen molar-refractivity contribution in [1.82, 2.24) is 14.9 Å². The Hall–Kier alpha value is -3.52. The molecule has 0 saturated heterocycles. The number of aromatic nitrogens is 2. The predicted molar refractivity (Wildman–Crippen MR) is 114 cm³/mol. The van der Waals surface area contributed by atoms with E-state index in [-0.39, 0.29) is 30.4 Å². The van der Waals surface area contributed by atoms with Gasteiger partial charge < -0.3 is 10.1 Å². The molecule has 2 aromatic carbocycles. The van der Waals surface area contributed by atoms with Crippen LogP contribution in [0.3, 0.4) is 0 Å². The Bertz CT molecular complexity index is 1250. The number of nitrogens with one attached hydrogen (secondary N) is 1. The van der Waals surface area contributed by atoms with Crippen molar-refractivity contribution < 1.29 is 13.9 Å². The maximum Gasteiger partial charge on any atom is 0.271 e. The number of fused-ring (bicyclic) bond motifs is 1.